The molecule has 0 aliphatic carbocycles. The predicted molar refractivity (Wildman–Crippen MR) is 81.9 cm³/mol. The normalized spacial score (nSPS) is 10.3. The smallest absolute Gasteiger partial charge is 0.196 e. The first-order valence-electron chi connectivity index (χ1n) is 6.61. The number of carbonyl (C=O) groups excluding carboxylic acids is 1. The molecule has 0 bridgehead atoms. The zero-order valence-electron chi connectivity index (χ0n) is 11.2. The van der Waals surface area contributed by atoms with Crippen molar-refractivity contribution in [1.29, 1.82) is 0 Å². The lowest BCUT2D eigenvalue weighted by Crippen LogP contribution is -2.10. The molecule has 0 saturated heterocycles. The van der Waals surface area contributed by atoms with Gasteiger partial charge in [0.15, 0.2) is 5.43 Å². The van der Waals surface area contributed by atoms with Gasteiger partial charge < -0.3 is 4.42 Å². The van der Waals surface area contributed by atoms with E-state index in [9.17, 15) is 9.59 Å². The van der Waals surface area contributed by atoms with E-state index in [1.807, 2.05) is 36.4 Å². The maximum Gasteiger partial charge on any atom is 0.196 e. The van der Waals surface area contributed by atoms with Gasteiger partial charge in [-0.3, -0.25) is 4.79 Å². The Morgan fingerprint density at radius 1 is 1.00 bits per heavy atom. The van der Waals surface area contributed by atoms with Crippen molar-refractivity contribution in [3.05, 3.63) is 76.5 Å². The molecule has 0 saturated carbocycles. The van der Waals surface area contributed by atoms with Crippen molar-refractivity contribution >= 4 is 16.9 Å². The molecule has 3 rings (SSSR count). The zero-order chi connectivity index (χ0) is 14.7. The molecule has 0 atom stereocenters. The van der Waals surface area contributed by atoms with Gasteiger partial charge in [-0.05, 0) is 12.1 Å². The third-order valence-corrected chi connectivity index (χ3v) is 3.32. The molecule has 21 heavy (non-hydrogen) atoms. The molecular weight excluding hydrogens is 264 g/mol. The van der Waals surface area contributed by atoms with Gasteiger partial charge in [-0.25, -0.2) is 4.79 Å². The Balaban J connectivity index is 2.36. The third-order valence-electron chi connectivity index (χ3n) is 3.32. The van der Waals surface area contributed by atoms with Crippen LogP contribution in [0.3, 0.4) is 0 Å². The van der Waals surface area contributed by atoms with E-state index in [1.165, 1.54) is 6.08 Å². The summed E-state index contributed by atoms with van der Waals surface area (Å²) >= 11 is 0. The lowest BCUT2D eigenvalue weighted by atomic mass is 10.0. The number of hydrogen-bond donors (Lipinski definition) is 0. The van der Waals surface area contributed by atoms with Crippen LogP contribution in [0.4, 0.5) is 0 Å². The lowest BCUT2D eigenvalue weighted by molar-refractivity contribution is 0.568. The number of hydrogen-bond acceptors (Lipinski definition) is 3. The lowest BCUT2D eigenvalue weighted by Gasteiger charge is -2.08. The zero-order valence-corrected chi connectivity index (χ0v) is 11.2. The van der Waals surface area contributed by atoms with Crippen molar-refractivity contribution in [1.82, 2.24) is 0 Å². The van der Waals surface area contributed by atoms with Gasteiger partial charge in [-0.2, -0.15) is 0 Å². The van der Waals surface area contributed by atoms with Gasteiger partial charge in [0.2, 0.25) is 0 Å². The van der Waals surface area contributed by atoms with Crippen LogP contribution in [0.25, 0.3) is 22.3 Å². The van der Waals surface area contributed by atoms with E-state index in [0.717, 1.165) is 5.56 Å². The first-order valence-corrected chi connectivity index (χ1v) is 6.61. The van der Waals surface area contributed by atoms with Crippen LogP contribution < -0.4 is 5.43 Å². The van der Waals surface area contributed by atoms with Crippen molar-refractivity contribution in [3.8, 4) is 11.3 Å². The highest BCUT2D eigenvalue weighted by molar-refractivity contribution is 5.80. The van der Waals surface area contributed by atoms with Crippen LogP contribution in [-0.4, -0.2) is 5.94 Å². The topological polar surface area (TPSA) is 47.3 Å². The molecule has 1 aromatic heterocycles. The first kappa shape index (κ1) is 13.1. The first-order chi connectivity index (χ1) is 10.3. The highest BCUT2D eigenvalue weighted by Gasteiger charge is 2.14. The number of allylic oxidation sites excluding steroid dienone is 1. The van der Waals surface area contributed by atoms with Gasteiger partial charge in [0, 0.05) is 23.6 Å². The summed E-state index contributed by atoms with van der Waals surface area (Å²) in [4.78, 5) is 23.1. The summed E-state index contributed by atoms with van der Waals surface area (Å²) in [5.74, 6) is 2.22. The average molecular weight is 276 g/mol. The molecule has 0 radical (unpaired) electrons. The second kappa shape index (κ2) is 5.61. The van der Waals surface area contributed by atoms with Gasteiger partial charge >= 0.3 is 0 Å². The fourth-order valence-corrected chi connectivity index (χ4v) is 2.33. The van der Waals surface area contributed by atoms with Crippen molar-refractivity contribution < 1.29 is 9.21 Å². The molecule has 102 valence electrons. The number of rotatable bonds is 3. The molecule has 0 unspecified atom stereocenters. The van der Waals surface area contributed by atoms with E-state index in [2.05, 4.69) is 0 Å². The Labute approximate surface area is 121 Å². The summed E-state index contributed by atoms with van der Waals surface area (Å²) < 4.78 is 5.91. The van der Waals surface area contributed by atoms with E-state index in [4.69, 9.17) is 4.42 Å². The van der Waals surface area contributed by atoms with E-state index >= 15 is 0 Å². The summed E-state index contributed by atoms with van der Waals surface area (Å²) in [6, 6.07) is 16.5. The van der Waals surface area contributed by atoms with Gasteiger partial charge in [-0.15, -0.1) is 0 Å². The molecule has 0 aliphatic heterocycles. The summed E-state index contributed by atoms with van der Waals surface area (Å²) in [7, 11) is 0. The summed E-state index contributed by atoms with van der Waals surface area (Å²) in [5.41, 5.74) is 1.72. The van der Waals surface area contributed by atoms with Gasteiger partial charge in [0.1, 0.15) is 17.3 Å². The molecule has 1 heterocycles. The summed E-state index contributed by atoms with van der Waals surface area (Å²) in [5, 5.41) is 0.520. The number of benzene rings is 2. The fraction of sp³-hybridized carbons (Fsp3) is 0.0556. The molecule has 3 nitrogen and oxygen atoms in total. The Morgan fingerprint density at radius 2 is 1.71 bits per heavy atom. The van der Waals surface area contributed by atoms with Crippen molar-refractivity contribution in [2.24, 2.45) is 0 Å². The van der Waals surface area contributed by atoms with E-state index in [1.54, 1.807) is 24.1 Å². The van der Waals surface area contributed by atoms with Crippen LogP contribution in [0.5, 0.6) is 0 Å². The van der Waals surface area contributed by atoms with E-state index in [-0.39, 0.29) is 11.8 Å². The summed E-state index contributed by atoms with van der Waals surface area (Å²) in [6.45, 7) is 0. The molecule has 3 heteroatoms. The van der Waals surface area contributed by atoms with Crippen LogP contribution >= 0.6 is 0 Å². The quantitative estimate of drug-likeness (QED) is 0.689. The van der Waals surface area contributed by atoms with Crippen LogP contribution in [0.2, 0.25) is 0 Å². The molecular formula is C18H12O3. The molecule has 3 aromatic rings. The van der Waals surface area contributed by atoms with Crippen molar-refractivity contribution in [2.45, 2.75) is 6.42 Å². The minimum absolute atomic E-state index is 0.109. The molecule has 0 amide bonds. The van der Waals surface area contributed by atoms with Crippen LogP contribution in [0.15, 0.2) is 69.9 Å². The van der Waals surface area contributed by atoms with Gasteiger partial charge in [0.25, 0.3) is 0 Å². The predicted octanol–water partition coefficient (Wildman–Crippen LogP) is 3.39. The van der Waals surface area contributed by atoms with Gasteiger partial charge in [-0.1, -0.05) is 42.5 Å². The second-order valence-corrected chi connectivity index (χ2v) is 4.63. The number of fused-ring (bicyclic) bond motifs is 1. The molecule has 2 aromatic carbocycles. The minimum Gasteiger partial charge on any atom is -0.456 e. The minimum atomic E-state index is -0.109. The monoisotopic (exact) mass is 276 g/mol. The van der Waals surface area contributed by atoms with Crippen molar-refractivity contribution in [3.63, 3.8) is 0 Å². The highest BCUT2D eigenvalue weighted by atomic mass is 16.3. The van der Waals surface area contributed by atoms with Crippen LogP contribution in [0.1, 0.15) is 5.56 Å². The SMILES string of the molecule is O=C=CCc1c(-c2ccccc2)oc2ccccc2c1=O. The van der Waals surface area contributed by atoms with Gasteiger partial charge in [0.05, 0.1) is 5.39 Å². The Hall–Kier alpha value is -2.90. The van der Waals surface area contributed by atoms with Crippen LogP contribution in [0, 0.1) is 0 Å². The highest BCUT2D eigenvalue weighted by Crippen LogP contribution is 2.26. The second-order valence-electron chi connectivity index (χ2n) is 4.63. The standard InChI is InChI=1S/C18H12O3/c19-12-6-10-15-17(20)14-9-4-5-11-16(14)21-18(15)13-7-2-1-3-8-13/h1-9,11H,10H2. The van der Waals surface area contributed by atoms with E-state index in [0.29, 0.717) is 22.3 Å². The van der Waals surface area contributed by atoms with E-state index < -0.39 is 0 Å². The molecule has 0 fully saturated rings. The maximum absolute atomic E-state index is 12.6. The molecule has 0 spiro atoms. The Morgan fingerprint density at radius 3 is 2.48 bits per heavy atom. The average Bonchev–Trinajstić information content (AvgIpc) is 2.55. The van der Waals surface area contributed by atoms with Crippen LogP contribution in [-0.2, 0) is 11.2 Å². The number of para-hydroxylation sites is 1. The van der Waals surface area contributed by atoms with Crippen molar-refractivity contribution in [2.75, 3.05) is 0 Å². The Bertz CT molecular complexity index is 885. The maximum atomic E-state index is 12.6. The fourth-order valence-electron chi connectivity index (χ4n) is 2.33. The molecule has 0 N–H and O–H groups in total. The third kappa shape index (κ3) is 2.42. The Kier molecular flexibility index (Phi) is 3.50. The summed E-state index contributed by atoms with van der Waals surface area (Å²) in [6.07, 6.45) is 1.51. The largest absolute Gasteiger partial charge is 0.456 e. The molecule has 0 aliphatic rings.